The van der Waals surface area contributed by atoms with Crippen LogP contribution in [0.15, 0.2) is 24.3 Å². The molecular weight excluding hydrogens is 213 g/mol. The standard InChI is InChI=1S/C11H14FNO3/c1-16-7-6-13-10(11(14)15)8-4-2-3-5-9(8)12/h2-5,10,13H,6-7H2,1H3,(H,14,15). The highest BCUT2D eigenvalue weighted by molar-refractivity contribution is 5.75. The number of aliphatic carboxylic acids is 1. The first-order valence-corrected chi connectivity index (χ1v) is 4.86. The molecule has 2 N–H and O–H groups in total. The lowest BCUT2D eigenvalue weighted by Gasteiger charge is -2.15. The van der Waals surface area contributed by atoms with E-state index < -0.39 is 17.8 Å². The van der Waals surface area contributed by atoms with Crippen LogP contribution in [-0.2, 0) is 9.53 Å². The van der Waals surface area contributed by atoms with Gasteiger partial charge in [0, 0.05) is 19.2 Å². The van der Waals surface area contributed by atoms with Crippen LogP contribution in [0.1, 0.15) is 11.6 Å². The summed E-state index contributed by atoms with van der Waals surface area (Å²) in [5.41, 5.74) is 0.131. The molecular formula is C11H14FNO3. The summed E-state index contributed by atoms with van der Waals surface area (Å²) >= 11 is 0. The molecule has 0 aliphatic heterocycles. The Morgan fingerprint density at radius 1 is 1.56 bits per heavy atom. The van der Waals surface area contributed by atoms with Crippen molar-refractivity contribution >= 4 is 5.97 Å². The Hall–Kier alpha value is -1.46. The molecule has 1 rings (SSSR count). The van der Waals surface area contributed by atoms with Crippen molar-refractivity contribution in [2.75, 3.05) is 20.3 Å². The molecule has 1 unspecified atom stereocenters. The number of benzene rings is 1. The predicted molar refractivity (Wildman–Crippen MR) is 56.7 cm³/mol. The Balaban J connectivity index is 2.78. The second-order valence-corrected chi connectivity index (χ2v) is 3.24. The highest BCUT2D eigenvalue weighted by Crippen LogP contribution is 2.16. The molecule has 0 heterocycles. The predicted octanol–water partition coefficient (Wildman–Crippen LogP) is 1.19. The maximum atomic E-state index is 13.4. The molecule has 0 saturated heterocycles. The van der Waals surface area contributed by atoms with Crippen LogP contribution >= 0.6 is 0 Å². The van der Waals surface area contributed by atoms with Crippen molar-refractivity contribution in [2.24, 2.45) is 0 Å². The first-order valence-electron chi connectivity index (χ1n) is 4.86. The Kier molecular flexibility index (Phi) is 4.88. The largest absolute Gasteiger partial charge is 0.480 e. The zero-order valence-electron chi connectivity index (χ0n) is 8.94. The fraction of sp³-hybridized carbons (Fsp3) is 0.364. The second kappa shape index (κ2) is 6.19. The summed E-state index contributed by atoms with van der Waals surface area (Å²) in [5, 5.41) is 11.7. The summed E-state index contributed by atoms with van der Waals surface area (Å²) < 4.78 is 18.2. The van der Waals surface area contributed by atoms with Gasteiger partial charge in [-0.25, -0.2) is 4.39 Å². The summed E-state index contributed by atoms with van der Waals surface area (Å²) in [5.74, 6) is -1.64. The van der Waals surface area contributed by atoms with Gasteiger partial charge in [0.15, 0.2) is 0 Å². The minimum Gasteiger partial charge on any atom is -0.480 e. The van der Waals surface area contributed by atoms with Crippen molar-refractivity contribution in [3.63, 3.8) is 0 Å². The molecule has 5 heteroatoms. The van der Waals surface area contributed by atoms with Gasteiger partial charge in [0.2, 0.25) is 0 Å². The topological polar surface area (TPSA) is 58.6 Å². The molecule has 4 nitrogen and oxygen atoms in total. The van der Waals surface area contributed by atoms with E-state index >= 15 is 0 Å². The van der Waals surface area contributed by atoms with Crippen molar-refractivity contribution in [2.45, 2.75) is 6.04 Å². The van der Waals surface area contributed by atoms with Gasteiger partial charge in [-0.05, 0) is 6.07 Å². The minimum absolute atomic E-state index is 0.131. The van der Waals surface area contributed by atoms with E-state index in [0.29, 0.717) is 13.2 Å². The Bertz CT molecular complexity index is 357. The molecule has 0 aliphatic rings. The summed E-state index contributed by atoms with van der Waals surface area (Å²) in [4.78, 5) is 11.0. The van der Waals surface area contributed by atoms with E-state index in [-0.39, 0.29) is 5.56 Å². The van der Waals surface area contributed by atoms with E-state index in [1.807, 2.05) is 0 Å². The summed E-state index contributed by atoms with van der Waals surface area (Å²) in [6.07, 6.45) is 0. The highest BCUT2D eigenvalue weighted by atomic mass is 19.1. The monoisotopic (exact) mass is 227 g/mol. The van der Waals surface area contributed by atoms with Crippen molar-refractivity contribution in [3.8, 4) is 0 Å². The molecule has 1 aromatic carbocycles. The van der Waals surface area contributed by atoms with Gasteiger partial charge in [-0.3, -0.25) is 10.1 Å². The minimum atomic E-state index is -1.11. The molecule has 0 fully saturated rings. The number of hydrogen-bond acceptors (Lipinski definition) is 3. The molecule has 1 aromatic rings. The van der Waals surface area contributed by atoms with Crippen molar-refractivity contribution < 1.29 is 19.0 Å². The second-order valence-electron chi connectivity index (χ2n) is 3.24. The van der Waals surface area contributed by atoms with Crippen LogP contribution in [0, 0.1) is 5.82 Å². The van der Waals surface area contributed by atoms with Gasteiger partial charge in [0.25, 0.3) is 0 Å². The van der Waals surface area contributed by atoms with Crippen LogP contribution in [0.25, 0.3) is 0 Å². The molecule has 0 bridgehead atoms. The lowest BCUT2D eigenvalue weighted by Crippen LogP contribution is -2.31. The fourth-order valence-corrected chi connectivity index (χ4v) is 1.34. The summed E-state index contributed by atoms with van der Waals surface area (Å²) in [7, 11) is 1.51. The fourth-order valence-electron chi connectivity index (χ4n) is 1.34. The molecule has 1 atom stereocenters. The van der Waals surface area contributed by atoms with Gasteiger partial charge >= 0.3 is 5.97 Å². The maximum absolute atomic E-state index is 13.4. The van der Waals surface area contributed by atoms with Crippen LogP contribution in [0.2, 0.25) is 0 Å². The Morgan fingerprint density at radius 3 is 2.81 bits per heavy atom. The third kappa shape index (κ3) is 3.29. The first kappa shape index (κ1) is 12.6. The van der Waals surface area contributed by atoms with E-state index in [0.717, 1.165) is 0 Å². The molecule has 0 amide bonds. The number of methoxy groups -OCH3 is 1. The number of carboxylic acid groups (broad SMARTS) is 1. The van der Waals surface area contributed by atoms with Crippen molar-refractivity contribution in [3.05, 3.63) is 35.6 Å². The normalized spacial score (nSPS) is 12.4. The summed E-state index contributed by atoms with van der Waals surface area (Å²) in [6, 6.07) is 4.77. The van der Waals surface area contributed by atoms with Crippen molar-refractivity contribution in [1.29, 1.82) is 0 Å². The van der Waals surface area contributed by atoms with Gasteiger partial charge in [-0.2, -0.15) is 0 Å². The lowest BCUT2D eigenvalue weighted by atomic mass is 10.1. The zero-order chi connectivity index (χ0) is 12.0. The molecule has 0 aromatic heterocycles. The van der Waals surface area contributed by atoms with Crippen molar-refractivity contribution in [1.82, 2.24) is 5.32 Å². The maximum Gasteiger partial charge on any atom is 0.325 e. The smallest absolute Gasteiger partial charge is 0.325 e. The summed E-state index contributed by atoms with van der Waals surface area (Å²) in [6.45, 7) is 0.722. The first-order chi connectivity index (χ1) is 7.66. The number of carboxylic acids is 1. The van der Waals surface area contributed by atoms with E-state index in [1.165, 1.54) is 25.3 Å². The number of halogens is 1. The van der Waals surface area contributed by atoms with Gasteiger partial charge in [0.05, 0.1) is 6.61 Å². The number of ether oxygens (including phenoxy) is 1. The molecule has 0 radical (unpaired) electrons. The van der Waals surface area contributed by atoms with Crippen LogP contribution in [0.3, 0.4) is 0 Å². The van der Waals surface area contributed by atoms with Crippen LogP contribution in [-0.4, -0.2) is 31.3 Å². The average Bonchev–Trinajstić information content (AvgIpc) is 2.25. The molecule has 16 heavy (non-hydrogen) atoms. The van der Waals surface area contributed by atoms with Gasteiger partial charge in [-0.1, -0.05) is 18.2 Å². The average molecular weight is 227 g/mol. The van der Waals surface area contributed by atoms with E-state index in [4.69, 9.17) is 9.84 Å². The molecule has 0 aliphatic carbocycles. The third-order valence-electron chi connectivity index (χ3n) is 2.12. The molecule has 0 saturated carbocycles. The quantitative estimate of drug-likeness (QED) is 0.717. The van der Waals surface area contributed by atoms with Gasteiger partial charge < -0.3 is 9.84 Å². The molecule has 88 valence electrons. The number of hydrogen-bond donors (Lipinski definition) is 2. The van der Waals surface area contributed by atoms with Crippen LogP contribution in [0.5, 0.6) is 0 Å². The number of carbonyl (C=O) groups is 1. The zero-order valence-corrected chi connectivity index (χ0v) is 8.94. The molecule has 0 spiro atoms. The lowest BCUT2D eigenvalue weighted by molar-refractivity contribution is -0.139. The van der Waals surface area contributed by atoms with Gasteiger partial charge in [0.1, 0.15) is 11.9 Å². The Morgan fingerprint density at radius 2 is 2.25 bits per heavy atom. The highest BCUT2D eigenvalue weighted by Gasteiger charge is 2.21. The van der Waals surface area contributed by atoms with E-state index in [9.17, 15) is 9.18 Å². The van der Waals surface area contributed by atoms with E-state index in [1.54, 1.807) is 6.07 Å². The van der Waals surface area contributed by atoms with Gasteiger partial charge in [-0.15, -0.1) is 0 Å². The Labute approximate surface area is 93.0 Å². The van der Waals surface area contributed by atoms with E-state index in [2.05, 4.69) is 5.32 Å². The SMILES string of the molecule is COCCNC(C(=O)O)c1ccccc1F. The number of nitrogens with one attached hydrogen (secondary N) is 1. The van der Waals surface area contributed by atoms with Crippen LogP contribution < -0.4 is 5.32 Å². The third-order valence-corrected chi connectivity index (χ3v) is 2.12. The van der Waals surface area contributed by atoms with Crippen LogP contribution in [0.4, 0.5) is 4.39 Å². The number of rotatable bonds is 6.